The average molecular weight is 399 g/mol. The van der Waals surface area contributed by atoms with Gasteiger partial charge in [-0.2, -0.15) is 0 Å². The lowest BCUT2D eigenvalue weighted by molar-refractivity contribution is 0.0713. The Kier molecular flexibility index (Phi) is 7.21. The maximum Gasteiger partial charge on any atom is 0.0406 e. The van der Waals surface area contributed by atoms with E-state index in [2.05, 4.69) is 43.3 Å². The quantitative estimate of drug-likeness (QED) is 0.434. The SMILES string of the molecule is C/C=C/CCC1CCC(C2CCC3CC(c4ccc(Cl)cc4)CCC3C2)CC1. The molecule has 4 unspecified atom stereocenters. The fourth-order valence-electron chi connectivity index (χ4n) is 6.84. The molecule has 1 heteroatoms. The summed E-state index contributed by atoms with van der Waals surface area (Å²) >= 11 is 6.09. The van der Waals surface area contributed by atoms with E-state index in [4.69, 9.17) is 11.6 Å². The molecule has 0 N–H and O–H groups in total. The number of benzene rings is 1. The molecular formula is C27H39Cl. The maximum absolute atomic E-state index is 6.09. The minimum absolute atomic E-state index is 0.780. The lowest BCUT2D eigenvalue weighted by Crippen LogP contribution is -2.34. The molecule has 0 spiro atoms. The monoisotopic (exact) mass is 398 g/mol. The highest BCUT2D eigenvalue weighted by Crippen LogP contribution is 2.51. The van der Waals surface area contributed by atoms with Gasteiger partial charge in [0, 0.05) is 5.02 Å². The van der Waals surface area contributed by atoms with E-state index >= 15 is 0 Å². The smallest absolute Gasteiger partial charge is 0.0406 e. The van der Waals surface area contributed by atoms with E-state index in [0.29, 0.717) is 0 Å². The Balaban J connectivity index is 1.25. The van der Waals surface area contributed by atoms with Crippen molar-refractivity contribution in [3.8, 4) is 0 Å². The van der Waals surface area contributed by atoms with Crippen molar-refractivity contribution >= 4 is 11.6 Å². The van der Waals surface area contributed by atoms with Gasteiger partial charge < -0.3 is 0 Å². The fourth-order valence-corrected chi connectivity index (χ4v) is 6.96. The molecule has 154 valence electrons. The number of hydrogen-bond donors (Lipinski definition) is 0. The van der Waals surface area contributed by atoms with Gasteiger partial charge >= 0.3 is 0 Å². The van der Waals surface area contributed by atoms with Crippen LogP contribution in [0, 0.1) is 29.6 Å². The molecule has 0 nitrogen and oxygen atoms in total. The summed E-state index contributed by atoms with van der Waals surface area (Å²) in [5.74, 6) is 5.90. The molecule has 4 rings (SSSR count). The largest absolute Gasteiger partial charge is 0.0917 e. The molecule has 28 heavy (non-hydrogen) atoms. The third kappa shape index (κ3) is 5.05. The van der Waals surface area contributed by atoms with Crippen LogP contribution in [0.15, 0.2) is 36.4 Å². The second kappa shape index (κ2) is 9.84. The topological polar surface area (TPSA) is 0 Å². The van der Waals surface area contributed by atoms with E-state index in [1.165, 1.54) is 76.2 Å². The Morgan fingerprint density at radius 1 is 0.786 bits per heavy atom. The van der Waals surface area contributed by atoms with Crippen LogP contribution in [0.1, 0.15) is 95.5 Å². The van der Waals surface area contributed by atoms with E-state index in [-0.39, 0.29) is 0 Å². The van der Waals surface area contributed by atoms with Gasteiger partial charge in [-0.1, -0.05) is 48.7 Å². The highest BCUT2D eigenvalue weighted by molar-refractivity contribution is 6.30. The first-order valence-electron chi connectivity index (χ1n) is 12.1. The van der Waals surface area contributed by atoms with Crippen molar-refractivity contribution in [2.24, 2.45) is 29.6 Å². The molecule has 3 saturated carbocycles. The Morgan fingerprint density at radius 2 is 1.39 bits per heavy atom. The van der Waals surface area contributed by atoms with Crippen molar-refractivity contribution in [3.63, 3.8) is 0 Å². The summed E-state index contributed by atoms with van der Waals surface area (Å²) in [7, 11) is 0. The van der Waals surface area contributed by atoms with Crippen LogP contribution in [0.2, 0.25) is 5.02 Å². The van der Waals surface area contributed by atoms with Crippen molar-refractivity contribution in [2.75, 3.05) is 0 Å². The highest BCUT2D eigenvalue weighted by Gasteiger charge is 2.38. The minimum atomic E-state index is 0.780. The van der Waals surface area contributed by atoms with E-state index in [1.54, 1.807) is 6.42 Å². The van der Waals surface area contributed by atoms with Crippen LogP contribution >= 0.6 is 11.6 Å². The Hall–Kier alpha value is -0.750. The number of halogens is 1. The number of allylic oxidation sites excluding steroid dienone is 2. The second-order valence-corrected chi connectivity index (χ2v) is 10.5. The predicted octanol–water partition coefficient (Wildman–Crippen LogP) is 8.80. The molecule has 0 aromatic heterocycles. The predicted molar refractivity (Wildman–Crippen MR) is 122 cm³/mol. The molecule has 1 aromatic rings. The minimum Gasteiger partial charge on any atom is -0.0917 e. The van der Waals surface area contributed by atoms with Crippen molar-refractivity contribution in [3.05, 3.63) is 47.0 Å². The molecular weight excluding hydrogens is 360 g/mol. The van der Waals surface area contributed by atoms with Crippen LogP contribution in [0.3, 0.4) is 0 Å². The van der Waals surface area contributed by atoms with Gasteiger partial charge in [0.2, 0.25) is 0 Å². The third-order valence-electron chi connectivity index (χ3n) is 8.53. The summed E-state index contributed by atoms with van der Waals surface area (Å²) < 4.78 is 0. The highest BCUT2D eigenvalue weighted by atomic mass is 35.5. The van der Waals surface area contributed by atoms with E-state index in [9.17, 15) is 0 Å². The third-order valence-corrected chi connectivity index (χ3v) is 8.78. The Morgan fingerprint density at radius 3 is 2.11 bits per heavy atom. The first-order valence-corrected chi connectivity index (χ1v) is 12.5. The molecule has 0 amide bonds. The standard InChI is InChI=1S/C27H39Cl/c1-2-3-4-5-20-6-8-21(9-7-20)23-10-12-26-19-24(11-13-25(26)18-23)22-14-16-27(28)17-15-22/h2-3,14-17,20-21,23-26H,4-13,18-19H2,1H3/b3-2+. The van der Waals surface area contributed by atoms with Crippen LogP contribution in [-0.2, 0) is 0 Å². The van der Waals surface area contributed by atoms with Gasteiger partial charge in [0.15, 0.2) is 0 Å². The summed E-state index contributed by atoms with van der Waals surface area (Å²) in [5.41, 5.74) is 1.53. The lowest BCUT2D eigenvalue weighted by atomic mass is 9.60. The van der Waals surface area contributed by atoms with E-state index < -0.39 is 0 Å². The van der Waals surface area contributed by atoms with Crippen molar-refractivity contribution in [1.82, 2.24) is 0 Å². The van der Waals surface area contributed by atoms with Crippen LogP contribution < -0.4 is 0 Å². The molecule has 3 aliphatic carbocycles. The van der Waals surface area contributed by atoms with Crippen LogP contribution in [0.5, 0.6) is 0 Å². The van der Waals surface area contributed by atoms with Gasteiger partial charge in [-0.05, 0) is 124 Å². The molecule has 0 heterocycles. The zero-order valence-corrected chi connectivity index (χ0v) is 18.5. The zero-order valence-electron chi connectivity index (χ0n) is 17.8. The number of rotatable bonds is 5. The summed E-state index contributed by atoms with van der Waals surface area (Å²) in [6.45, 7) is 2.15. The van der Waals surface area contributed by atoms with Gasteiger partial charge in [0.05, 0.1) is 0 Å². The molecule has 3 aliphatic rings. The van der Waals surface area contributed by atoms with Crippen molar-refractivity contribution < 1.29 is 0 Å². The van der Waals surface area contributed by atoms with Gasteiger partial charge in [-0.3, -0.25) is 0 Å². The average Bonchev–Trinajstić information content (AvgIpc) is 2.74. The molecule has 0 radical (unpaired) electrons. The summed E-state index contributed by atoms with van der Waals surface area (Å²) in [6, 6.07) is 8.70. The van der Waals surface area contributed by atoms with Crippen molar-refractivity contribution in [1.29, 1.82) is 0 Å². The number of fused-ring (bicyclic) bond motifs is 1. The first kappa shape index (κ1) is 20.5. The van der Waals surface area contributed by atoms with Crippen molar-refractivity contribution in [2.45, 2.75) is 89.9 Å². The van der Waals surface area contributed by atoms with E-state index in [0.717, 1.165) is 40.5 Å². The van der Waals surface area contributed by atoms with E-state index in [1.807, 2.05) is 0 Å². The van der Waals surface area contributed by atoms with Crippen LogP contribution in [0.25, 0.3) is 0 Å². The molecule has 3 fully saturated rings. The van der Waals surface area contributed by atoms with Gasteiger partial charge in [0.1, 0.15) is 0 Å². The van der Waals surface area contributed by atoms with Gasteiger partial charge in [-0.25, -0.2) is 0 Å². The molecule has 1 aromatic carbocycles. The lowest BCUT2D eigenvalue weighted by Gasteiger charge is -2.45. The van der Waals surface area contributed by atoms with Gasteiger partial charge in [-0.15, -0.1) is 0 Å². The zero-order chi connectivity index (χ0) is 19.3. The second-order valence-electron chi connectivity index (χ2n) is 10.1. The first-order chi connectivity index (χ1) is 13.7. The molecule has 0 saturated heterocycles. The summed E-state index contributed by atoms with van der Waals surface area (Å²) in [4.78, 5) is 0. The van der Waals surface area contributed by atoms with Crippen LogP contribution in [0.4, 0.5) is 0 Å². The van der Waals surface area contributed by atoms with Gasteiger partial charge in [0.25, 0.3) is 0 Å². The molecule has 0 bridgehead atoms. The molecule has 0 aliphatic heterocycles. The Bertz CT molecular complexity index is 622. The summed E-state index contributed by atoms with van der Waals surface area (Å²) in [5, 5.41) is 0.870. The maximum atomic E-state index is 6.09. The molecule has 4 atom stereocenters. The van der Waals surface area contributed by atoms with Crippen LogP contribution in [-0.4, -0.2) is 0 Å². The normalized spacial score (nSPS) is 36.4. The number of hydrogen-bond acceptors (Lipinski definition) is 0. The summed E-state index contributed by atoms with van der Waals surface area (Å²) in [6.07, 6.45) is 22.2. The Labute approximate surface area is 178 Å². The fraction of sp³-hybridized carbons (Fsp3) is 0.704.